The minimum absolute atomic E-state index is 0.145. The van der Waals surface area contributed by atoms with Gasteiger partial charge in [0.15, 0.2) is 6.04 Å². The van der Waals surface area contributed by atoms with Gasteiger partial charge in [-0.15, -0.1) is 11.8 Å². The van der Waals surface area contributed by atoms with Gasteiger partial charge in [0.2, 0.25) is 0 Å². The zero-order valence-corrected chi connectivity index (χ0v) is 11.5. The van der Waals surface area contributed by atoms with Gasteiger partial charge >= 0.3 is 0 Å². The van der Waals surface area contributed by atoms with Crippen molar-refractivity contribution >= 4 is 24.0 Å². The fraction of sp³-hybridized carbons (Fsp3) is 0.833. The molecule has 1 radical (unpaired) electrons. The van der Waals surface area contributed by atoms with E-state index in [0.29, 0.717) is 6.42 Å². The van der Waals surface area contributed by atoms with Crippen LogP contribution in [0, 0.1) is 0 Å². The van der Waals surface area contributed by atoms with Gasteiger partial charge in [-0.2, -0.15) is 5.73 Å². The molecule has 0 aromatic carbocycles. The van der Waals surface area contributed by atoms with Gasteiger partial charge in [0, 0.05) is 11.7 Å². The van der Waals surface area contributed by atoms with Gasteiger partial charge in [-0.1, -0.05) is 26.2 Å². The molecule has 6 heteroatoms. The molecular weight excluding hydrogens is 254 g/mol. The number of carboxylic acid groups (broad SMARTS) is 1. The summed E-state index contributed by atoms with van der Waals surface area (Å²) < 4.78 is 0. The van der Waals surface area contributed by atoms with E-state index in [1.165, 1.54) is 11.8 Å². The quantitative estimate of drug-likeness (QED) is 0.363. The van der Waals surface area contributed by atoms with E-state index in [1.54, 1.807) is 0 Å². The Morgan fingerprint density at radius 2 is 2.17 bits per heavy atom. The molecule has 0 heterocycles. The van der Waals surface area contributed by atoms with Gasteiger partial charge in [-0.05, 0) is 6.42 Å². The first-order valence-corrected chi connectivity index (χ1v) is 7.27. The van der Waals surface area contributed by atoms with Crippen molar-refractivity contribution in [1.29, 1.82) is 0 Å². The fourth-order valence-electron chi connectivity index (χ4n) is 1.52. The predicted octanol–water partition coefficient (Wildman–Crippen LogP) is -1.24. The first-order chi connectivity index (χ1) is 8.52. The first kappa shape index (κ1) is 17.4. The Morgan fingerprint density at radius 3 is 2.67 bits per heavy atom. The lowest BCUT2D eigenvalue weighted by atomic mass is 10.1. The van der Waals surface area contributed by atoms with E-state index in [9.17, 15) is 19.8 Å². The van der Waals surface area contributed by atoms with Crippen molar-refractivity contribution in [3.63, 3.8) is 0 Å². The van der Waals surface area contributed by atoms with Crippen molar-refractivity contribution < 1.29 is 25.5 Å². The minimum Gasteiger partial charge on any atom is -0.544 e. The van der Waals surface area contributed by atoms with Crippen LogP contribution in [-0.2, 0) is 9.59 Å². The molecule has 3 N–H and O–H groups in total. The minimum atomic E-state index is -1.31. The van der Waals surface area contributed by atoms with E-state index in [1.807, 2.05) is 0 Å². The van der Waals surface area contributed by atoms with Crippen LogP contribution in [0.4, 0.5) is 0 Å². The summed E-state index contributed by atoms with van der Waals surface area (Å²) in [5, 5.41) is 20.1. The zero-order chi connectivity index (χ0) is 14.0. The maximum atomic E-state index is 10.5. The van der Waals surface area contributed by atoms with Crippen molar-refractivity contribution in [2.24, 2.45) is 0 Å². The molecule has 0 spiro atoms. The van der Waals surface area contributed by atoms with Gasteiger partial charge < -0.3 is 19.8 Å². The van der Waals surface area contributed by atoms with Gasteiger partial charge in [0.25, 0.3) is 0 Å². The maximum absolute atomic E-state index is 10.5. The maximum Gasteiger partial charge on any atom is 0.177 e. The number of aliphatic hydroxyl groups excluding tert-OH is 1. The molecule has 0 aromatic rings. The average Bonchev–Trinajstić information content (AvgIpc) is 2.33. The standard InChI is InChI=1S/C12H23NO4S/c1-2-3-4-5-10(15)11(6-7-14)18-8-9(13)12(16)17/h7,9-11,15H,2-6,8,13H2,1H3,(H,16,17)/q+1/p-1. The highest BCUT2D eigenvalue weighted by Gasteiger charge is 2.21. The Morgan fingerprint density at radius 1 is 1.50 bits per heavy atom. The Bertz CT molecular complexity index is 250. The molecule has 105 valence electrons. The van der Waals surface area contributed by atoms with E-state index in [0.717, 1.165) is 25.5 Å². The first-order valence-electron chi connectivity index (χ1n) is 6.22. The molecule has 0 aromatic heterocycles. The molecular formula is C12H22NO4S. The zero-order valence-electron chi connectivity index (χ0n) is 10.7. The van der Waals surface area contributed by atoms with Crippen molar-refractivity contribution in [1.82, 2.24) is 0 Å². The smallest absolute Gasteiger partial charge is 0.177 e. The number of carbonyl (C=O) groups is 2. The summed E-state index contributed by atoms with van der Waals surface area (Å²) in [5.41, 5.74) is 5.33. The summed E-state index contributed by atoms with van der Waals surface area (Å²) in [7, 11) is 0. The number of aliphatic carboxylic acids is 1. The third-order valence-electron chi connectivity index (χ3n) is 2.65. The number of nitrogens with two attached hydrogens (primary N) is 1. The molecule has 0 saturated carbocycles. The second-order valence-corrected chi connectivity index (χ2v) is 5.53. The number of aldehydes is 1. The van der Waals surface area contributed by atoms with Crippen LogP contribution in [0.15, 0.2) is 0 Å². The summed E-state index contributed by atoms with van der Waals surface area (Å²) in [5.74, 6) is -1.17. The van der Waals surface area contributed by atoms with Crippen LogP contribution in [0.2, 0.25) is 0 Å². The number of aliphatic hydroxyl groups is 1. The summed E-state index contributed by atoms with van der Waals surface area (Å²) in [6, 6.07) is -1.06. The lowest BCUT2D eigenvalue weighted by molar-refractivity contribution is -0.431. The number of carboxylic acids is 1. The molecule has 0 aliphatic heterocycles. The predicted molar refractivity (Wildman–Crippen MR) is 67.8 cm³/mol. The molecule has 5 nitrogen and oxygen atoms in total. The highest BCUT2D eigenvalue weighted by atomic mass is 32.2. The molecule has 3 atom stereocenters. The van der Waals surface area contributed by atoms with Crippen molar-refractivity contribution in [3.8, 4) is 0 Å². The van der Waals surface area contributed by atoms with Crippen LogP contribution in [-0.4, -0.2) is 40.5 Å². The second kappa shape index (κ2) is 10.3. The average molecular weight is 276 g/mol. The van der Waals surface area contributed by atoms with Gasteiger partial charge in [-0.3, -0.25) is 0 Å². The largest absolute Gasteiger partial charge is 0.544 e. The molecule has 0 fully saturated rings. The van der Waals surface area contributed by atoms with E-state index in [2.05, 4.69) is 6.92 Å². The van der Waals surface area contributed by atoms with E-state index < -0.39 is 18.1 Å². The second-order valence-electron chi connectivity index (χ2n) is 4.26. The monoisotopic (exact) mass is 276 g/mol. The number of hydrogen-bond acceptors (Lipinski definition) is 6. The molecule has 18 heavy (non-hydrogen) atoms. The molecule has 3 unspecified atom stereocenters. The van der Waals surface area contributed by atoms with Crippen LogP contribution < -0.4 is 10.8 Å². The van der Waals surface area contributed by atoms with E-state index in [4.69, 9.17) is 5.73 Å². The third kappa shape index (κ3) is 7.68. The van der Waals surface area contributed by atoms with Crippen LogP contribution in [0.5, 0.6) is 0 Å². The molecule has 0 aliphatic carbocycles. The number of hydrogen-bond donors (Lipinski definition) is 2. The topological polar surface area (TPSA) is 103 Å². The number of rotatable bonds is 11. The lowest BCUT2D eigenvalue weighted by Gasteiger charge is -2.21. The van der Waals surface area contributed by atoms with Crippen LogP contribution in [0.3, 0.4) is 0 Å². The normalized spacial score (nSPS) is 15.9. The molecule has 0 amide bonds. The summed E-state index contributed by atoms with van der Waals surface area (Å²) >= 11 is 1.22. The highest BCUT2D eigenvalue weighted by molar-refractivity contribution is 8.00. The van der Waals surface area contributed by atoms with E-state index >= 15 is 0 Å². The summed E-state index contributed by atoms with van der Waals surface area (Å²) in [6.45, 7) is 2.07. The SMILES string of the molecule is CCCCCC(O)C(CC=O)SCC([NH2+])C(=O)[O-]. The Balaban J connectivity index is 4.10. The molecule has 0 rings (SSSR count). The summed E-state index contributed by atoms with van der Waals surface area (Å²) in [6.07, 6.45) is 3.98. The fourth-order valence-corrected chi connectivity index (χ4v) is 2.68. The van der Waals surface area contributed by atoms with Crippen LogP contribution >= 0.6 is 11.8 Å². The van der Waals surface area contributed by atoms with Gasteiger partial charge in [-0.25, -0.2) is 0 Å². The Labute approximate surface area is 112 Å². The van der Waals surface area contributed by atoms with Gasteiger partial charge in [0.1, 0.15) is 12.3 Å². The number of carbonyl (C=O) groups excluding carboxylic acids is 2. The Kier molecular flexibility index (Phi) is 10.0. The molecule has 0 saturated heterocycles. The van der Waals surface area contributed by atoms with Crippen molar-refractivity contribution in [3.05, 3.63) is 0 Å². The van der Waals surface area contributed by atoms with E-state index in [-0.39, 0.29) is 17.4 Å². The third-order valence-corrected chi connectivity index (χ3v) is 4.14. The molecule has 0 bridgehead atoms. The van der Waals surface area contributed by atoms with Crippen molar-refractivity contribution in [2.75, 3.05) is 5.75 Å². The van der Waals surface area contributed by atoms with Crippen LogP contribution in [0.25, 0.3) is 0 Å². The lowest BCUT2D eigenvalue weighted by Crippen LogP contribution is -2.69. The summed E-state index contributed by atoms with van der Waals surface area (Å²) in [4.78, 5) is 21.0. The number of unbranched alkanes of at least 4 members (excludes halogenated alkanes) is 2. The van der Waals surface area contributed by atoms with Crippen molar-refractivity contribution in [2.45, 2.75) is 56.4 Å². The number of thioether (sulfide) groups is 1. The van der Waals surface area contributed by atoms with Gasteiger partial charge in [0.05, 0.1) is 11.9 Å². The highest BCUT2D eigenvalue weighted by Crippen LogP contribution is 2.21. The molecule has 0 aliphatic rings. The van der Waals surface area contributed by atoms with Crippen LogP contribution in [0.1, 0.15) is 39.0 Å². The Hall–Kier alpha value is -0.590.